The Labute approximate surface area is 121 Å². The van der Waals surface area contributed by atoms with E-state index < -0.39 is 11.8 Å². The summed E-state index contributed by atoms with van der Waals surface area (Å²) in [6.45, 7) is -0.256. The van der Waals surface area contributed by atoms with E-state index >= 15 is 0 Å². The summed E-state index contributed by atoms with van der Waals surface area (Å²) in [6, 6.07) is 6.48. The smallest absolute Gasteiger partial charge is 0.305 e. The molecular formula is C15H15NO5. The summed E-state index contributed by atoms with van der Waals surface area (Å²) in [5, 5.41) is 0. The van der Waals surface area contributed by atoms with E-state index in [-0.39, 0.29) is 31.1 Å². The van der Waals surface area contributed by atoms with Crippen LogP contribution < -0.4 is 0 Å². The molecule has 0 N–H and O–H groups in total. The third kappa shape index (κ3) is 3.16. The maximum absolute atomic E-state index is 12.0. The van der Waals surface area contributed by atoms with Gasteiger partial charge in [-0.05, 0) is 18.6 Å². The van der Waals surface area contributed by atoms with Gasteiger partial charge in [-0.2, -0.15) is 0 Å². The number of rotatable bonds is 6. The maximum atomic E-state index is 12.0. The summed E-state index contributed by atoms with van der Waals surface area (Å²) in [6.07, 6.45) is 0.613. The van der Waals surface area contributed by atoms with Crippen molar-refractivity contribution >= 4 is 23.6 Å². The summed E-state index contributed by atoms with van der Waals surface area (Å²) in [7, 11) is 1.28. The number of fused-ring (bicyclic) bond motifs is 1. The Balaban J connectivity index is 1.93. The SMILES string of the molecule is COC(=O)CCCC(=O)CN1C(=O)c2ccccc2C1=O. The molecular weight excluding hydrogens is 274 g/mol. The second-order valence-corrected chi connectivity index (χ2v) is 4.71. The highest BCUT2D eigenvalue weighted by molar-refractivity contribution is 6.22. The van der Waals surface area contributed by atoms with E-state index in [1.807, 2.05) is 0 Å². The Morgan fingerprint density at radius 3 is 2.14 bits per heavy atom. The Kier molecular flexibility index (Phi) is 4.47. The summed E-state index contributed by atoms with van der Waals surface area (Å²) < 4.78 is 4.47. The van der Waals surface area contributed by atoms with Gasteiger partial charge in [-0.1, -0.05) is 12.1 Å². The van der Waals surface area contributed by atoms with Gasteiger partial charge in [0, 0.05) is 12.8 Å². The summed E-state index contributed by atoms with van der Waals surface area (Å²) >= 11 is 0. The molecule has 1 aliphatic heterocycles. The number of imide groups is 1. The molecule has 2 amide bonds. The molecule has 2 rings (SSSR count). The average Bonchev–Trinajstić information content (AvgIpc) is 2.72. The second kappa shape index (κ2) is 6.30. The Morgan fingerprint density at radius 2 is 1.62 bits per heavy atom. The number of ketones is 1. The quantitative estimate of drug-likeness (QED) is 0.580. The highest BCUT2D eigenvalue weighted by atomic mass is 16.5. The largest absolute Gasteiger partial charge is 0.469 e. The van der Waals surface area contributed by atoms with Crippen molar-refractivity contribution in [2.45, 2.75) is 19.3 Å². The molecule has 1 aliphatic rings. The minimum absolute atomic E-state index is 0.127. The van der Waals surface area contributed by atoms with Crippen LogP contribution in [0.2, 0.25) is 0 Å². The van der Waals surface area contributed by atoms with Crippen LogP contribution in [-0.2, 0) is 14.3 Å². The van der Waals surface area contributed by atoms with E-state index in [1.165, 1.54) is 7.11 Å². The molecule has 0 aliphatic carbocycles. The van der Waals surface area contributed by atoms with Crippen molar-refractivity contribution in [3.63, 3.8) is 0 Å². The van der Waals surface area contributed by atoms with Crippen molar-refractivity contribution < 1.29 is 23.9 Å². The number of esters is 1. The van der Waals surface area contributed by atoms with E-state index in [0.717, 1.165) is 4.90 Å². The first-order chi connectivity index (χ1) is 10.0. The van der Waals surface area contributed by atoms with Crippen molar-refractivity contribution in [2.75, 3.05) is 13.7 Å². The normalized spacial score (nSPS) is 13.3. The number of carbonyl (C=O) groups excluding carboxylic acids is 4. The van der Waals surface area contributed by atoms with Crippen molar-refractivity contribution in [1.29, 1.82) is 0 Å². The van der Waals surface area contributed by atoms with Gasteiger partial charge in [-0.3, -0.25) is 24.1 Å². The zero-order valence-corrected chi connectivity index (χ0v) is 11.6. The van der Waals surface area contributed by atoms with E-state index in [1.54, 1.807) is 24.3 Å². The number of methoxy groups -OCH3 is 1. The lowest BCUT2D eigenvalue weighted by Gasteiger charge is -2.12. The van der Waals surface area contributed by atoms with Crippen molar-refractivity contribution in [1.82, 2.24) is 4.90 Å². The number of ether oxygens (including phenoxy) is 1. The predicted molar refractivity (Wildman–Crippen MR) is 72.7 cm³/mol. The van der Waals surface area contributed by atoms with E-state index in [2.05, 4.69) is 4.74 Å². The molecule has 0 radical (unpaired) electrons. The second-order valence-electron chi connectivity index (χ2n) is 4.71. The molecule has 0 spiro atoms. The molecule has 0 bridgehead atoms. The van der Waals surface area contributed by atoms with Crippen molar-refractivity contribution in [3.8, 4) is 0 Å². The number of hydrogen-bond donors (Lipinski definition) is 0. The van der Waals surface area contributed by atoms with Crippen molar-refractivity contribution in [2.24, 2.45) is 0 Å². The average molecular weight is 289 g/mol. The van der Waals surface area contributed by atoms with Gasteiger partial charge in [0.05, 0.1) is 24.8 Å². The molecule has 1 heterocycles. The number of carbonyl (C=O) groups is 4. The van der Waals surface area contributed by atoms with Crippen LogP contribution in [0.1, 0.15) is 40.0 Å². The molecule has 0 saturated carbocycles. The maximum Gasteiger partial charge on any atom is 0.305 e. The molecule has 21 heavy (non-hydrogen) atoms. The Hall–Kier alpha value is -2.50. The minimum Gasteiger partial charge on any atom is -0.469 e. The molecule has 0 atom stereocenters. The molecule has 6 nitrogen and oxygen atoms in total. The van der Waals surface area contributed by atoms with Gasteiger partial charge in [-0.15, -0.1) is 0 Å². The molecule has 0 aromatic heterocycles. The highest BCUT2D eigenvalue weighted by Crippen LogP contribution is 2.22. The zero-order valence-electron chi connectivity index (χ0n) is 11.6. The van der Waals surface area contributed by atoms with Gasteiger partial charge in [0.15, 0.2) is 5.78 Å². The fourth-order valence-electron chi connectivity index (χ4n) is 2.17. The summed E-state index contributed by atoms with van der Waals surface area (Å²) in [4.78, 5) is 47.8. The van der Waals surface area contributed by atoms with E-state index in [4.69, 9.17) is 0 Å². The molecule has 0 fully saturated rings. The monoisotopic (exact) mass is 289 g/mol. The van der Waals surface area contributed by atoms with Crippen LogP contribution in [-0.4, -0.2) is 42.1 Å². The first-order valence-electron chi connectivity index (χ1n) is 6.58. The molecule has 110 valence electrons. The first-order valence-corrected chi connectivity index (χ1v) is 6.58. The molecule has 6 heteroatoms. The molecule has 0 saturated heterocycles. The molecule has 1 aromatic carbocycles. The van der Waals surface area contributed by atoms with Crippen LogP contribution in [0.25, 0.3) is 0 Å². The van der Waals surface area contributed by atoms with Gasteiger partial charge >= 0.3 is 5.97 Å². The van der Waals surface area contributed by atoms with Crippen molar-refractivity contribution in [3.05, 3.63) is 35.4 Å². The standard InChI is InChI=1S/C15H15NO5/c1-21-13(18)8-4-5-10(17)9-16-14(19)11-6-2-3-7-12(11)15(16)20/h2-3,6-7H,4-5,8-9H2,1H3. The number of amides is 2. The Morgan fingerprint density at radius 1 is 1.05 bits per heavy atom. The highest BCUT2D eigenvalue weighted by Gasteiger charge is 2.35. The first kappa shape index (κ1) is 14.9. The number of nitrogens with zero attached hydrogens (tertiary/aromatic N) is 1. The molecule has 0 unspecified atom stereocenters. The van der Waals surface area contributed by atoms with Crippen LogP contribution in [0.15, 0.2) is 24.3 Å². The van der Waals surface area contributed by atoms with Crippen LogP contribution in [0.3, 0.4) is 0 Å². The number of benzene rings is 1. The number of Topliss-reactive ketones (excluding diaryl/α,β-unsaturated/α-hetero) is 1. The summed E-state index contributed by atoms with van der Waals surface area (Å²) in [5.41, 5.74) is 0.648. The predicted octanol–water partition coefficient (Wildman–Crippen LogP) is 1.19. The lowest BCUT2D eigenvalue weighted by atomic mass is 10.1. The third-order valence-electron chi connectivity index (χ3n) is 3.28. The fourth-order valence-corrected chi connectivity index (χ4v) is 2.17. The van der Waals surface area contributed by atoms with Crippen LogP contribution in [0.5, 0.6) is 0 Å². The van der Waals surface area contributed by atoms with E-state index in [9.17, 15) is 19.2 Å². The van der Waals surface area contributed by atoms with Gasteiger partial charge in [0.25, 0.3) is 11.8 Å². The van der Waals surface area contributed by atoms with Gasteiger partial charge in [0.1, 0.15) is 0 Å². The zero-order chi connectivity index (χ0) is 15.4. The Bertz CT molecular complexity index is 573. The fraction of sp³-hybridized carbons (Fsp3) is 0.333. The topological polar surface area (TPSA) is 80.8 Å². The lowest BCUT2D eigenvalue weighted by Crippen LogP contribution is -2.34. The number of hydrogen-bond acceptors (Lipinski definition) is 5. The van der Waals surface area contributed by atoms with Gasteiger partial charge in [-0.25, -0.2) is 0 Å². The molecule has 1 aromatic rings. The van der Waals surface area contributed by atoms with Gasteiger partial charge < -0.3 is 4.74 Å². The van der Waals surface area contributed by atoms with Crippen LogP contribution in [0, 0.1) is 0 Å². The van der Waals surface area contributed by atoms with E-state index in [0.29, 0.717) is 17.5 Å². The summed E-state index contributed by atoms with van der Waals surface area (Å²) in [5.74, 6) is -1.54. The third-order valence-corrected chi connectivity index (χ3v) is 3.28. The van der Waals surface area contributed by atoms with Gasteiger partial charge in [0.2, 0.25) is 0 Å². The van der Waals surface area contributed by atoms with Crippen LogP contribution >= 0.6 is 0 Å². The minimum atomic E-state index is -0.447. The van der Waals surface area contributed by atoms with Crippen LogP contribution in [0.4, 0.5) is 0 Å². The lowest BCUT2D eigenvalue weighted by molar-refractivity contribution is -0.140.